The number of halogens is 1. The van der Waals surface area contributed by atoms with E-state index in [0.29, 0.717) is 17.3 Å². The van der Waals surface area contributed by atoms with E-state index in [0.717, 1.165) is 11.1 Å². The Labute approximate surface area is 155 Å². The normalized spacial score (nSPS) is 10.9. The number of nitrogens with zero attached hydrogens (tertiary/aromatic N) is 1. The summed E-state index contributed by atoms with van der Waals surface area (Å²) in [4.78, 5) is 25.7. The topological polar surface area (TPSA) is 58.6 Å². The van der Waals surface area contributed by atoms with E-state index in [1.807, 2.05) is 53.7 Å². The molecule has 5 nitrogen and oxygen atoms in total. The zero-order valence-electron chi connectivity index (χ0n) is 16.0. The number of amides is 2. The van der Waals surface area contributed by atoms with Crippen molar-refractivity contribution in [1.82, 2.24) is 10.2 Å². The number of hydrogen-bond acceptors (Lipinski definition) is 3. The van der Waals surface area contributed by atoms with Crippen LogP contribution in [-0.2, 0) is 9.59 Å². The zero-order chi connectivity index (χ0) is 19.1. The van der Waals surface area contributed by atoms with Crippen LogP contribution in [0.15, 0.2) is 12.1 Å². The van der Waals surface area contributed by atoms with Gasteiger partial charge < -0.3 is 15.0 Å². The van der Waals surface area contributed by atoms with E-state index in [-0.39, 0.29) is 36.9 Å². The fourth-order valence-electron chi connectivity index (χ4n) is 2.39. The first-order valence-corrected chi connectivity index (χ1v) is 9.03. The molecule has 0 bridgehead atoms. The van der Waals surface area contributed by atoms with Crippen molar-refractivity contribution in [3.63, 3.8) is 0 Å². The molecule has 0 aliphatic heterocycles. The molecule has 0 aliphatic carbocycles. The van der Waals surface area contributed by atoms with Gasteiger partial charge >= 0.3 is 0 Å². The van der Waals surface area contributed by atoms with Gasteiger partial charge in [0.15, 0.2) is 6.61 Å². The third kappa shape index (κ3) is 6.58. The summed E-state index contributed by atoms with van der Waals surface area (Å²) in [5.74, 6) is 0.495. The van der Waals surface area contributed by atoms with Crippen molar-refractivity contribution >= 4 is 23.4 Å². The van der Waals surface area contributed by atoms with Gasteiger partial charge in [-0.3, -0.25) is 9.59 Å². The number of nitrogens with one attached hydrogen (secondary N) is 1. The van der Waals surface area contributed by atoms with E-state index in [1.54, 1.807) is 0 Å². The molecule has 0 radical (unpaired) electrons. The summed E-state index contributed by atoms with van der Waals surface area (Å²) >= 11 is 6.19. The smallest absolute Gasteiger partial charge is 0.260 e. The van der Waals surface area contributed by atoms with Crippen LogP contribution in [0.4, 0.5) is 0 Å². The maximum atomic E-state index is 12.4. The lowest BCUT2D eigenvalue weighted by Crippen LogP contribution is -2.44. The van der Waals surface area contributed by atoms with Gasteiger partial charge in [-0.15, -0.1) is 0 Å². The van der Waals surface area contributed by atoms with E-state index in [9.17, 15) is 9.59 Å². The first-order valence-electron chi connectivity index (χ1n) is 8.65. The van der Waals surface area contributed by atoms with E-state index in [4.69, 9.17) is 16.3 Å². The standard InChI is InChI=1S/C19H29ClN2O3/c1-7-22(10-18(23)21-13(4)5)19(24)11-25-17-8-14(6)16(20)9-15(17)12(2)3/h8-9,12-13H,7,10-11H2,1-6H3,(H,21,23). The first-order chi connectivity index (χ1) is 11.6. The molecule has 0 saturated carbocycles. The van der Waals surface area contributed by atoms with Gasteiger partial charge in [0.2, 0.25) is 5.91 Å². The summed E-state index contributed by atoms with van der Waals surface area (Å²) < 4.78 is 5.76. The van der Waals surface area contributed by atoms with Gasteiger partial charge in [0.25, 0.3) is 5.91 Å². The number of benzene rings is 1. The Bertz CT molecular complexity index is 615. The minimum absolute atomic E-state index is 0.0353. The molecule has 0 aromatic heterocycles. The molecule has 0 fully saturated rings. The van der Waals surface area contributed by atoms with Crippen LogP contribution in [0.2, 0.25) is 5.02 Å². The summed E-state index contributed by atoms with van der Waals surface area (Å²) in [6.07, 6.45) is 0. The Balaban J connectivity index is 2.77. The minimum atomic E-state index is -0.219. The lowest BCUT2D eigenvalue weighted by atomic mass is 10.0. The van der Waals surface area contributed by atoms with E-state index < -0.39 is 0 Å². The fraction of sp³-hybridized carbons (Fsp3) is 0.579. The van der Waals surface area contributed by atoms with E-state index >= 15 is 0 Å². The molecule has 0 unspecified atom stereocenters. The van der Waals surface area contributed by atoms with Gasteiger partial charge in [0.05, 0.1) is 6.54 Å². The van der Waals surface area contributed by atoms with Crippen LogP contribution in [0, 0.1) is 6.92 Å². The average molecular weight is 369 g/mol. The fourth-order valence-corrected chi connectivity index (χ4v) is 2.57. The van der Waals surface area contributed by atoms with Crippen molar-refractivity contribution < 1.29 is 14.3 Å². The molecule has 1 rings (SSSR count). The molecular weight excluding hydrogens is 340 g/mol. The Morgan fingerprint density at radius 2 is 1.88 bits per heavy atom. The van der Waals surface area contributed by atoms with Crippen molar-refractivity contribution in [3.05, 3.63) is 28.3 Å². The Hall–Kier alpha value is -1.75. The number of aryl methyl sites for hydroxylation is 1. The quantitative estimate of drug-likeness (QED) is 0.763. The van der Waals surface area contributed by atoms with Crippen molar-refractivity contribution in [2.75, 3.05) is 19.7 Å². The second-order valence-electron chi connectivity index (χ2n) is 6.71. The summed E-state index contributed by atoms with van der Waals surface area (Å²) in [6.45, 7) is 12.0. The second-order valence-corrected chi connectivity index (χ2v) is 7.12. The molecule has 1 aromatic rings. The Morgan fingerprint density at radius 1 is 1.24 bits per heavy atom. The van der Waals surface area contributed by atoms with Gasteiger partial charge in [-0.1, -0.05) is 25.4 Å². The molecule has 1 N–H and O–H groups in total. The van der Waals surface area contributed by atoms with Crippen LogP contribution in [-0.4, -0.2) is 42.5 Å². The van der Waals surface area contributed by atoms with Crippen molar-refractivity contribution in [1.29, 1.82) is 0 Å². The number of ether oxygens (including phenoxy) is 1. The van der Waals surface area contributed by atoms with Crippen LogP contribution in [0.25, 0.3) is 0 Å². The van der Waals surface area contributed by atoms with Crippen molar-refractivity contribution in [2.45, 2.75) is 53.5 Å². The summed E-state index contributed by atoms with van der Waals surface area (Å²) in [6, 6.07) is 3.78. The maximum Gasteiger partial charge on any atom is 0.260 e. The van der Waals surface area contributed by atoms with Crippen LogP contribution < -0.4 is 10.1 Å². The lowest BCUT2D eigenvalue weighted by molar-refractivity contribution is -0.137. The van der Waals surface area contributed by atoms with E-state index in [1.165, 1.54) is 4.90 Å². The number of carbonyl (C=O) groups is 2. The third-order valence-corrected chi connectivity index (χ3v) is 4.19. The molecule has 0 aliphatic rings. The molecule has 1 aromatic carbocycles. The third-order valence-electron chi connectivity index (χ3n) is 3.78. The molecule has 0 atom stereocenters. The molecule has 2 amide bonds. The molecule has 0 heterocycles. The molecule has 140 valence electrons. The zero-order valence-corrected chi connectivity index (χ0v) is 16.7. The molecular formula is C19H29ClN2O3. The van der Waals surface area contributed by atoms with Gasteiger partial charge in [-0.2, -0.15) is 0 Å². The van der Waals surface area contributed by atoms with Gasteiger partial charge in [-0.25, -0.2) is 0 Å². The Kier molecular flexibility index (Phi) is 8.23. The van der Waals surface area contributed by atoms with E-state index in [2.05, 4.69) is 5.32 Å². The van der Waals surface area contributed by atoms with Gasteiger partial charge in [0, 0.05) is 17.6 Å². The van der Waals surface area contributed by atoms with Crippen molar-refractivity contribution in [2.24, 2.45) is 0 Å². The van der Waals surface area contributed by atoms with Crippen LogP contribution in [0.5, 0.6) is 5.75 Å². The number of likely N-dealkylation sites (N-methyl/N-ethyl adjacent to an activating group) is 1. The second kappa shape index (κ2) is 9.66. The maximum absolute atomic E-state index is 12.4. The van der Waals surface area contributed by atoms with Gasteiger partial charge in [-0.05, 0) is 56.9 Å². The molecule has 25 heavy (non-hydrogen) atoms. The first kappa shape index (κ1) is 21.3. The lowest BCUT2D eigenvalue weighted by Gasteiger charge is -2.22. The highest BCUT2D eigenvalue weighted by Gasteiger charge is 2.18. The Morgan fingerprint density at radius 3 is 2.40 bits per heavy atom. The summed E-state index contributed by atoms with van der Waals surface area (Å²) in [7, 11) is 0. The van der Waals surface area contributed by atoms with Crippen LogP contribution in [0.3, 0.4) is 0 Å². The molecule has 0 spiro atoms. The van der Waals surface area contributed by atoms with Crippen LogP contribution in [0.1, 0.15) is 51.7 Å². The number of hydrogen-bond donors (Lipinski definition) is 1. The predicted molar refractivity (Wildman–Crippen MR) is 101 cm³/mol. The average Bonchev–Trinajstić information content (AvgIpc) is 2.51. The predicted octanol–water partition coefficient (Wildman–Crippen LogP) is 3.52. The summed E-state index contributed by atoms with van der Waals surface area (Å²) in [5, 5.41) is 3.47. The monoisotopic (exact) mass is 368 g/mol. The molecule has 6 heteroatoms. The highest BCUT2D eigenvalue weighted by Crippen LogP contribution is 2.32. The summed E-state index contributed by atoms with van der Waals surface area (Å²) in [5.41, 5.74) is 1.86. The van der Waals surface area contributed by atoms with Gasteiger partial charge in [0.1, 0.15) is 5.75 Å². The number of rotatable bonds is 8. The molecule has 0 saturated heterocycles. The highest BCUT2D eigenvalue weighted by molar-refractivity contribution is 6.31. The SMILES string of the molecule is CCN(CC(=O)NC(C)C)C(=O)COc1cc(C)c(Cl)cc1C(C)C. The minimum Gasteiger partial charge on any atom is -0.483 e. The highest BCUT2D eigenvalue weighted by atomic mass is 35.5. The largest absolute Gasteiger partial charge is 0.483 e. The van der Waals surface area contributed by atoms with Crippen LogP contribution >= 0.6 is 11.6 Å². The number of carbonyl (C=O) groups excluding carboxylic acids is 2. The van der Waals surface area contributed by atoms with Crippen molar-refractivity contribution in [3.8, 4) is 5.75 Å².